The summed E-state index contributed by atoms with van der Waals surface area (Å²) in [6, 6.07) is 2.70. The molecule has 0 radical (unpaired) electrons. The number of ketones is 1. The highest BCUT2D eigenvalue weighted by Crippen LogP contribution is 2.48. The van der Waals surface area contributed by atoms with Crippen molar-refractivity contribution >= 4 is 34.2 Å². The Morgan fingerprint density at radius 3 is 2.42 bits per heavy atom. The largest absolute Gasteiger partial charge is 0.348 e. The van der Waals surface area contributed by atoms with Gasteiger partial charge < -0.3 is 4.90 Å². The van der Waals surface area contributed by atoms with Crippen LogP contribution in [0.1, 0.15) is 97.1 Å². The van der Waals surface area contributed by atoms with E-state index in [0.29, 0.717) is 42.3 Å². The van der Waals surface area contributed by atoms with Crippen LogP contribution in [0.25, 0.3) is 0 Å². The number of carbonyl (C=O) groups is 1. The molecule has 3 unspecified atom stereocenters. The molecule has 1 aromatic rings. The zero-order chi connectivity index (χ0) is 26.9. The van der Waals surface area contributed by atoms with Crippen LogP contribution in [0.2, 0.25) is 5.02 Å². The van der Waals surface area contributed by atoms with Crippen molar-refractivity contribution in [3.8, 4) is 0 Å². The number of halogens is 2. The Labute approximate surface area is 224 Å². The highest BCUT2D eigenvalue weighted by molar-refractivity contribution is 7.83. The maximum Gasteiger partial charge on any atom is 0.159 e. The number of allylic oxidation sites excluding steroid dienone is 1. The van der Waals surface area contributed by atoms with Crippen LogP contribution in [0.5, 0.6) is 0 Å². The molecule has 3 atom stereocenters. The Kier molecular flexibility index (Phi) is 12.1. The number of nitrogens with zero attached hydrogens (tertiary/aromatic N) is 2. The minimum Gasteiger partial charge on any atom is -0.348 e. The van der Waals surface area contributed by atoms with Gasteiger partial charge in [0, 0.05) is 30.5 Å². The van der Waals surface area contributed by atoms with Gasteiger partial charge in [0.05, 0.1) is 10.3 Å². The average molecular weight is 540 g/mol. The van der Waals surface area contributed by atoms with Crippen molar-refractivity contribution in [1.82, 2.24) is 9.73 Å². The first-order valence-corrected chi connectivity index (χ1v) is 15.0. The van der Waals surface area contributed by atoms with E-state index in [9.17, 15) is 13.4 Å². The minimum atomic E-state index is -1.38. The molecule has 2 fully saturated rings. The standard InChI is InChI=1S/C22H27ClFN3O2S.C4H10.C2H6/c1-14-3-5-18(6-4-14)30(29)26-25-21(20-15(2)11-16(24)12-19(20)23)27-10-7-17(28)13-22(27)8-9-22;1-3-4-2;1-2/h3,5,11-12,14,18,26H,4,6-10,13H2,1-2H3;3-4H2,1-2H3;1-2H3/b25-21+;;. The van der Waals surface area contributed by atoms with Crippen molar-refractivity contribution in [2.75, 3.05) is 6.54 Å². The van der Waals surface area contributed by atoms with Crippen molar-refractivity contribution in [2.24, 2.45) is 11.0 Å². The molecular formula is C28H43ClFN3O2S. The van der Waals surface area contributed by atoms with Crippen molar-refractivity contribution in [2.45, 2.75) is 104 Å². The molecule has 5 nitrogen and oxygen atoms in total. The lowest BCUT2D eigenvalue weighted by Crippen LogP contribution is -2.49. The summed E-state index contributed by atoms with van der Waals surface area (Å²) in [4.78, 5) is 17.0. The number of unbranched alkanes of at least 4 members (excludes halogenated alkanes) is 1. The molecule has 36 heavy (non-hydrogen) atoms. The summed E-state index contributed by atoms with van der Waals surface area (Å²) in [6.07, 6.45) is 11.3. The molecule has 1 aromatic carbocycles. The Balaban J connectivity index is 0.000000694. The van der Waals surface area contributed by atoms with Gasteiger partial charge in [-0.3, -0.25) is 4.79 Å². The quantitative estimate of drug-likeness (QED) is 0.188. The van der Waals surface area contributed by atoms with Crippen LogP contribution >= 0.6 is 11.6 Å². The fraction of sp³-hybridized carbons (Fsp3) is 0.643. The number of likely N-dealkylation sites (tertiary alicyclic amines) is 1. The van der Waals surface area contributed by atoms with E-state index in [2.05, 4.69) is 41.7 Å². The summed E-state index contributed by atoms with van der Waals surface area (Å²) < 4.78 is 26.7. The number of hydrogen-bond donors (Lipinski definition) is 1. The molecule has 8 heteroatoms. The van der Waals surface area contributed by atoms with Gasteiger partial charge in [0.15, 0.2) is 5.84 Å². The number of Topliss-reactive ketones (excluding diaryl/α,β-unsaturated/α-hetero) is 1. The Morgan fingerprint density at radius 2 is 1.89 bits per heavy atom. The molecular weight excluding hydrogens is 497 g/mol. The molecule has 0 aromatic heterocycles. The molecule has 202 valence electrons. The first-order valence-electron chi connectivity index (χ1n) is 13.4. The van der Waals surface area contributed by atoms with E-state index in [1.54, 1.807) is 6.92 Å². The van der Waals surface area contributed by atoms with Crippen LogP contribution in [0.4, 0.5) is 4.39 Å². The molecule has 0 bridgehead atoms. The summed E-state index contributed by atoms with van der Waals surface area (Å²) in [6.45, 7) is 12.8. The second kappa shape index (κ2) is 14.3. The van der Waals surface area contributed by atoms with Gasteiger partial charge in [-0.2, -0.15) is 0 Å². The maximum atomic E-state index is 13.9. The van der Waals surface area contributed by atoms with Crippen molar-refractivity contribution in [1.29, 1.82) is 0 Å². The van der Waals surface area contributed by atoms with Crippen LogP contribution in [0, 0.1) is 18.7 Å². The monoisotopic (exact) mass is 539 g/mol. The average Bonchev–Trinajstić information content (AvgIpc) is 3.61. The third-order valence-electron chi connectivity index (χ3n) is 6.85. The van der Waals surface area contributed by atoms with Gasteiger partial charge in [0.1, 0.15) is 22.6 Å². The first kappa shape index (κ1) is 30.5. The molecule has 0 amide bonds. The van der Waals surface area contributed by atoms with Crippen molar-refractivity contribution < 1.29 is 13.4 Å². The molecule has 1 saturated carbocycles. The Bertz CT molecular complexity index is 953. The molecule has 1 aliphatic heterocycles. The predicted molar refractivity (Wildman–Crippen MR) is 150 cm³/mol. The van der Waals surface area contributed by atoms with Crippen LogP contribution < -0.4 is 4.83 Å². The fourth-order valence-electron chi connectivity index (χ4n) is 4.45. The lowest BCUT2D eigenvalue weighted by atomic mass is 9.96. The van der Waals surface area contributed by atoms with Gasteiger partial charge in [-0.15, -0.1) is 5.10 Å². The van der Waals surface area contributed by atoms with E-state index >= 15 is 0 Å². The number of piperidine rings is 1. The summed E-state index contributed by atoms with van der Waals surface area (Å²) in [7, 11) is -1.38. The number of rotatable bonds is 5. The highest BCUT2D eigenvalue weighted by Gasteiger charge is 2.53. The fourth-order valence-corrected chi connectivity index (χ4v) is 5.68. The van der Waals surface area contributed by atoms with Gasteiger partial charge in [-0.1, -0.05) is 71.2 Å². The maximum absolute atomic E-state index is 13.9. The van der Waals surface area contributed by atoms with E-state index < -0.39 is 16.8 Å². The summed E-state index contributed by atoms with van der Waals surface area (Å²) in [5.41, 5.74) is 1.03. The van der Waals surface area contributed by atoms with Gasteiger partial charge in [-0.05, 0) is 56.2 Å². The van der Waals surface area contributed by atoms with E-state index in [-0.39, 0.29) is 21.6 Å². The van der Waals surface area contributed by atoms with Gasteiger partial charge in [-0.25, -0.2) is 13.4 Å². The second-order valence-electron chi connectivity index (χ2n) is 9.72. The minimum absolute atomic E-state index is 0.103. The molecule has 1 N–H and O–H groups in total. The molecule has 2 aliphatic carbocycles. The molecule has 1 spiro atoms. The van der Waals surface area contributed by atoms with E-state index in [1.807, 2.05) is 19.9 Å². The van der Waals surface area contributed by atoms with E-state index in [0.717, 1.165) is 25.7 Å². The van der Waals surface area contributed by atoms with Crippen molar-refractivity contribution in [3.05, 3.63) is 46.3 Å². The Morgan fingerprint density at radius 1 is 1.22 bits per heavy atom. The normalized spacial score (nSPS) is 23.3. The SMILES string of the molecule is CC.CCCC.Cc1cc(F)cc(Cl)c1/C(=N\NS(=O)C1C=CC(C)CC1)N1CCC(=O)CC12CC2. The number of hydrazone groups is 1. The van der Waals surface area contributed by atoms with E-state index in [4.69, 9.17) is 11.6 Å². The number of nitrogens with one attached hydrogen (secondary N) is 1. The Hall–Kier alpha value is -1.73. The van der Waals surface area contributed by atoms with Crippen LogP contribution in [-0.4, -0.2) is 38.1 Å². The van der Waals surface area contributed by atoms with Crippen LogP contribution in [-0.2, 0) is 15.8 Å². The third-order valence-corrected chi connectivity index (χ3v) is 8.36. The molecule has 1 heterocycles. The molecule has 1 saturated heterocycles. The van der Waals surface area contributed by atoms with Gasteiger partial charge >= 0.3 is 0 Å². The van der Waals surface area contributed by atoms with E-state index in [1.165, 1.54) is 25.0 Å². The van der Waals surface area contributed by atoms with Gasteiger partial charge in [0.2, 0.25) is 0 Å². The molecule has 4 rings (SSSR count). The zero-order valence-corrected chi connectivity index (χ0v) is 24.3. The van der Waals surface area contributed by atoms with Crippen LogP contribution in [0.3, 0.4) is 0 Å². The van der Waals surface area contributed by atoms with Crippen LogP contribution in [0.15, 0.2) is 29.4 Å². The highest BCUT2D eigenvalue weighted by atomic mass is 35.5. The number of benzene rings is 1. The topological polar surface area (TPSA) is 61.8 Å². The third kappa shape index (κ3) is 7.88. The van der Waals surface area contributed by atoms with Gasteiger partial charge in [0.25, 0.3) is 0 Å². The number of aryl methyl sites for hydroxylation is 1. The summed E-state index contributed by atoms with van der Waals surface area (Å²) in [5, 5.41) is 4.72. The van der Waals surface area contributed by atoms with Crippen molar-refractivity contribution in [3.63, 3.8) is 0 Å². The number of amidine groups is 1. The molecule has 3 aliphatic rings. The summed E-state index contributed by atoms with van der Waals surface area (Å²) >= 11 is 6.44. The number of hydrogen-bond acceptors (Lipinski definition) is 3. The smallest absolute Gasteiger partial charge is 0.159 e. The first-order chi connectivity index (χ1) is 17.2. The zero-order valence-electron chi connectivity index (χ0n) is 22.7. The second-order valence-corrected chi connectivity index (χ2v) is 11.5. The predicted octanol–water partition coefficient (Wildman–Crippen LogP) is 7.09. The summed E-state index contributed by atoms with van der Waals surface area (Å²) in [5.74, 6) is 0.888. The lowest BCUT2D eigenvalue weighted by molar-refractivity contribution is -0.122. The lowest BCUT2D eigenvalue weighted by Gasteiger charge is -2.38. The number of carbonyl (C=O) groups excluding carboxylic acids is 1.